The quantitative estimate of drug-likeness (QED) is 0.832. The zero-order valence-electron chi connectivity index (χ0n) is 17.4. The second-order valence-electron chi connectivity index (χ2n) is 8.84. The fourth-order valence-electron chi connectivity index (χ4n) is 3.85. The number of carbonyl (C=O) groups excluding carboxylic acids is 2. The Morgan fingerprint density at radius 1 is 1.31 bits per heavy atom. The van der Waals surface area contributed by atoms with E-state index in [1.54, 1.807) is 23.1 Å². The number of rotatable bonds is 4. The largest absolute Gasteiger partial charge is 0.482 e. The van der Waals surface area contributed by atoms with Crippen molar-refractivity contribution in [3.05, 3.63) is 23.8 Å². The molecule has 0 atom stereocenters. The maximum Gasteiger partial charge on any atom is 0.407 e. The molecule has 1 aromatic carbocycles. The molecule has 2 amide bonds. The number of fused-ring (bicyclic) bond motifs is 1. The SMILES string of the molecule is CC(C)(C)NC(=O)OC1CCC(CCN2C(=O)COc3ccc(C#N)cc32)CC1. The normalized spacial score (nSPS) is 21.6. The molecule has 0 saturated heterocycles. The van der Waals surface area contributed by atoms with Crippen LogP contribution in [0.2, 0.25) is 0 Å². The lowest BCUT2D eigenvalue weighted by Crippen LogP contribution is -2.43. The number of amides is 2. The third-order valence-electron chi connectivity index (χ3n) is 5.34. The Morgan fingerprint density at radius 3 is 2.69 bits per heavy atom. The topological polar surface area (TPSA) is 91.7 Å². The summed E-state index contributed by atoms with van der Waals surface area (Å²) in [6.07, 6.45) is 4.10. The molecule has 156 valence electrons. The van der Waals surface area contributed by atoms with Crippen molar-refractivity contribution in [1.29, 1.82) is 5.26 Å². The van der Waals surface area contributed by atoms with E-state index in [4.69, 9.17) is 14.7 Å². The Balaban J connectivity index is 1.50. The van der Waals surface area contributed by atoms with E-state index in [0.717, 1.165) is 32.1 Å². The van der Waals surface area contributed by atoms with Crippen LogP contribution in [0.15, 0.2) is 18.2 Å². The van der Waals surface area contributed by atoms with Gasteiger partial charge in [-0.2, -0.15) is 5.26 Å². The van der Waals surface area contributed by atoms with Gasteiger partial charge < -0.3 is 19.7 Å². The molecule has 0 aromatic heterocycles. The minimum atomic E-state index is -0.357. The molecule has 1 aromatic rings. The first-order chi connectivity index (χ1) is 13.7. The predicted molar refractivity (Wildman–Crippen MR) is 109 cm³/mol. The summed E-state index contributed by atoms with van der Waals surface area (Å²) in [6.45, 7) is 6.41. The second kappa shape index (κ2) is 8.73. The van der Waals surface area contributed by atoms with Gasteiger partial charge in [-0.3, -0.25) is 4.79 Å². The molecule has 1 heterocycles. The van der Waals surface area contributed by atoms with E-state index in [-0.39, 0.29) is 30.3 Å². The van der Waals surface area contributed by atoms with Gasteiger partial charge in [-0.25, -0.2) is 4.79 Å². The summed E-state index contributed by atoms with van der Waals surface area (Å²) in [6, 6.07) is 7.27. The minimum absolute atomic E-state index is 0.0301. The average Bonchev–Trinajstić information content (AvgIpc) is 2.66. The molecule has 7 heteroatoms. The molecule has 1 aliphatic heterocycles. The molecule has 1 N–H and O–H groups in total. The van der Waals surface area contributed by atoms with Gasteiger partial charge in [0.05, 0.1) is 17.3 Å². The van der Waals surface area contributed by atoms with Crippen molar-refractivity contribution in [1.82, 2.24) is 5.32 Å². The lowest BCUT2D eigenvalue weighted by molar-refractivity contribution is -0.121. The van der Waals surface area contributed by atoms with E-state index in [9.17, 15) is 9.59 Å². The first-order valence-corrected chi connectivity index (χ1v) is 10.2. The van der Waals surface area contributed by atoms with E-state index in [1.807, 2.05) is 20.8 Å². The molecule has 7 nitrogen and oxygen atoms in total. The predicted octanol–water partition coefficient (Wildman–Crippen LogP) is 3.76. The number of carbonyl (C=O) groups is 2. The van der Waals surface area contributed by atoms with E-state index >= 15 is 0 Å². The minimum Gasteiger partial charge on any atom is -0.482 e. The van der Waals surface area contributed by atoms with Crippen LogP contribution in [0.4, 0.5) is 10.5 Å². The molecule has 3 rings (SSSR count). The molecule has 29 heavy (non-hydrogen) atoms. The summed E-state index contributed by atoms with van der Waals surface area (Å²) < 4.78 is 11.0. The van der Waals surface area contributed by atoms with Gasteiger partial charge in [0.15, 0.2) is 6.61 Å². The van der Waals surface area contributed by atoms with Crippen LogP contribution < -0.4 is 15.0 Å². The van der Waals surface area contributed by atoms with Gasteiger partial charge in [0, 0.05) is 12.1 Å². The lowest BCUT2D eigenvalue weighted by atomic mass is 9.85. The highest BCUT2D eigenvalue weighted by molar-refractivity contribution is 5.98. The average molecular weight is 399 g/mol. The molecule has 0 bridgehead atoms. The first-order valence-electron chi connectivity index (χ1n) is 10.2. The van der Waals surface area contributed by atoms with Crippen LogP contribution in [0.25, 0.3) is 0 Å². The molecule has 2 aliphatic rings. The van der Waals surface area contributed by atoms with Gasteiger partial charge in [0.25, 0.3) is 5.91 Å². The van der Waals surface area contributed by atoms with Gasteiger partial charge in [0.1, 0.15) is 11.9 Å². The summed E-state index contributed by atoms with van der Waals surface area (Å²) in [5.74, 6) is 1.05. The van der Waals surface area contributed by atoms with Crippen LogP contribution in [0, 0.1) is 17.2 Å². The molecule has 0 spiro atoms. The Bertz CT molecular complexity index is 801. The van der Waals surface area contributed by atoms with E-state index in [1.165, 1.54) is 0 Å². The van der Waals surface area contributed by atoms with Crippen molar-refractivity contribution in [2.75, 3.05) is 18.1 Å². The lowest BCUT2D eigenvalue weighted by Gasteiger charge is -2.33. The van der Waals surface area contributed by atoms with Crippen LogP contribution in [-0.2, 0) is 9.53 Å². The van der Waals surface area contributed by atoms with Crippen molar-refractivity contribution in [2.24, 2.45) is 5.92 Å². The molecular formula is C22H29N3O4. The number of alkyl carbamates (subject to hydrolysis) is 1. The van der Waals surface area contributed by atoms with Crippen LogP contribution in [-0.4, -0.2) is 36.8 Å². The zero-order chi connectivity index (χ0) is 21.0. The fraction of sp³-hybridized carbons (Fsp3) is 0.591. The number of ether oxygens (including phenoxy) is 2. The summed E-state index contributed by atoms with van der Waals surface area (Å²) in [7, 11) is 0. The van der Waals surface area contributed by atoms with Gasteiger partial charge in [-0.15, -0.1) is 0 Å². The van der Waals surface area contributed by atoms with E-state index < -0.39 is 0 Å². The summed E-state index contributed by atoms with van der Waals surface area (Å²) in [4.78, 5) is 26.0. The highest BCUT2D eigenvalue weighted by Gasteiger charge is 2.29. The van der Waals surface area contributed by atoms with E-state index in [2.05, 4.69) is 11.4 Å². The zero-order valence-corrected chi connectivity index (χ0v) is 17.4. The number of nitriles is 1. The van der Waals surface area contributed by atoms with Crippen molar-refractivity contribution >= 4 is 17.7 Å². The monoisotopic (exact) mass is 399 g/mol. The first kappa shape index (κ1) is 21.0. The van der Waals surface area contributed by atoms with Gasteiger partial charge in [-0.1, -0.05) is 0 Å². The fourth-order valence-corrected chi connectivity index (χ4v) is 3.85. The molecule has 0 radical (unpaired) electrons. The van der Waals surface area contributed by atoms with Gasteiger partial charge in [0.2, 0.25) is 0 Å². The van der Waals surface area contributed by atoms with Crippen LogP contribution in [0.1, 0.15) is 58.4 Å². The van der Waals surface area contributed by atoms with Crippen molar-refractivity contribution in [3.8, 4) is 11.8 Å². The number of hydrogen-bond donors (Lipinski definition) is 1. The molecule has 0 unspecified atom stereocenters. The molecule has 1 aliphatic carbocycles. The molecular weight excluding hydrogens is 370 g/mol. The Hall–Kier alpha value is -2.75. The summed E-state index contributed by atoms with van der Waals surface area (Å²) in [5, 5.41) is 12.0. The van der Waals surface area contributed by atoms with Gasteiger partial charge in [-0.05, 0) is 77.0 Å². The standard InChI is InChI=1S/C22H29N3O4/c1-22(2,3)24-21(27)29-17-7-4-15(5-8-17)10-11-25-18-12-16(13-23)6-9-19(18)28-14-20(25)26/h6,9,12,15,17H,4-5,7-8,10-11,14H2,1-3H3,(H,24,27). The van der Waals surface area contributed by atoms with Crippen molar-refractivity contribution < 1.29 is 19.1 Å². The number of hydrogen-bond acceptors (Lipinski definition) is 5. The molecule has 1 saturated carbocycles. The highest BCUT2D eigenvalue weighted by Crippen LogP contribution is 2.35. The van der Waals surface area contributed by atoms with E-state index in [0.29, 0.717) is 29.5 Å². The number of nitrogens with one attached hydrogen (secondary N) is 1. The number of nitrogens with zero attached hydrogens (tertiary/aromatic N) is 2. The Morgan fingerprint density at radius 2 is 2.03 bits per heavy atom. The number of anilines is 1. The molecule has 1 fully saturated rings. The number of benzene rings is 1. The third kappa shape index (κ3) is 5.63. The third-order valence-corrected chi connectivity index (χ3v) is 5.34. The maximum atomic E-state index is 12.4. The van der Waals surface area contributed by atoms with Crippen LogP contribution in [0.3, 0.4) is 0 Å². The maximum absolute atomic E-state index is 12.4. The van der Waals surface area contributed by atoms with Crippen LogP contribution in [0.5, 0.6) is 5.75 Å². The highest BCUT2D eigenvalue weighted by atomic mass is 16.6. The van der Waals surface area contributed by atoms with Crippen molar-refractivity contribution in [3.63, 3.8) is 0 Å². The Labute approximate surface area is 172 Å². The van der Waals surface area contributed by atoms with Crippen molar-refractivity contribution in [2.45, 2.75) is 64.5 Å². The Kier molecular flexibility index (Phi) is 6.31. The van der Waals surface area contributed by atoms with Crippen LogP contribution >= 0.6 is 0 Å². The second-order valence-corrected chi connectivity index (χ2v) is 8.84. The smallest absolute Gasteiger partial charge is 0.407 e. The summed E-state index contributed by atoms with van der Waals surface area (Å²) in [5.41, 5.74) is 0.884. The summed E-state index contributed by atoms with van der Waals surface area (Å²) >= 11 is 0. The van der Waals surface area contributed by atoms with Gasteiger partial charge >= 0.3 is 6.09 Å².